The van der Waals surface area contributed by atoms with E-state index in [1.54, 1.807) is 35.9 Å². The van der Waals surface area contributed by atoms with Crippen molar-refractivity contribution < 1.29 is 8.42 Å². The minimum absolute atomic E-state index is 0.0339. The average molecular weight is 542 g/mol. The zero-order valence-electron chi connectivity index (χ0n) is 23.2. The molecule has 3 aromatic rings. The SMILES string of the molecule is CCCS(=O)(=O)Nc1ccc(-c2cc3cnc(N[C@H]4CC[C@H](N(C)C)CC4)nc3n(C(C)C)c2=O)nc1C. The maximum Gasteiger partial charge on any atom is 0.261 e. The summed E-state index contributed by atoms with van der Waals surface area (Å²) in [5.41, 5.74) is 2.18. The molecule has 1 saturated carbocycles. The third-order valence-electron chi connectivity index (χ3n) is 7.15. The van der Waals surface area contributed by atoms with Gasteiger partial charge in [-0.2, -0.15) is 4.98 Å². The van der Waals surface area contributed by atoms with Crippen LogP contribution in [0.2, 0.25) is 0 Å². The fraction of sp³-hybridized carbons (Fsp3) is 0.556. The molecule has 11 heteroatoms. The molecule has 1 aliphatic rings. The molecule has 0 unspecified atom stereocenters. The van der Waals surface area contributed by atoms with E-state index in [0.717, 1.165) is 31.1 Å². The van der Waals surface area contributed by atoms with Gasteiger partial charge in [-0.15, -0.1) is 0 Å². The van der Waals surface area contributed by atoms with Gasteiger partial charge >= 0.3 is 0 Å². The van der Waals surface area contributed by atoms with Crippen molar-refractivity contribution in [1.82, 2.24) is 24.4 Å². The highest BCUT2D eigenvalue weighted by molar-refractivity contribution is 7.92. The summed E-state index contributed by atoms with van der Waals surface area (Å²) in [4.78, 5) is 29.8. The highest BCUT2D eigenvalue weighted by Gasteiger charge is 2.23. The smallest absolute Gasteiger partial charge is 0.261 e. The van der Waals surface area contributed by atoms with Crippen LogP contribution < -0.4 is 15.6 Å². The van der Waals surface area contributed by atoms with Crippen LogP contribution in [0.1, 0.15) is 64.6 Å². The lowest BCUT2D eigenvalue weighted by molar-refractivity contribution is 0.221. The Labute approximate surface area is 225 Å². The first-order valence-electron chi connectivity index (χ1n) is 13.3. The molecular formula is C27H39N7O3S. The van der Waals surface area contributed by atoms with Gasteiger partial charge in [-0.1, -0.05) is 6.92 Å². The van der Waals surface area contributed by atoms with Gasteiger partial charge in [-0.25, -0.2) is 13.4 Å². The Morgan fingerprint density at radius 2 is 1.84 bits per heavy atom. The normalized spacial score (nSPS) is 18.3. The maximum atomic E-state index is 13.7. The number of fused-ring (bicyclic) bond motifs is 1. The van der Waals surface area contributed by atoms with Crippen LogP contribution in [0.25, 0.3) is 22.3 Å². The standard InChI is InChI=1S/C27H39N7O3S/c1-7-14-38(36,37)32-23-12-13-24(29-18(23)4)22-15-19-16-28-27(31-25(19)34(17(2)3)26(22)35)30-20-8-10-21(11-9-20)33(5)6/h12-13,15-17,20-21,32H,7-11,14H2,1-6H3,(H,28,30,31)/t20-,21-. The van der Waals surface area contributed by atoms with E-state index >= 15 is 0 Å². The number of aromatic nitrogens is 4. The topological polar surface area (TPSA) is 122 Å². The van der Waals surface area contributed by atoms with Gasteiger partial charge in [-0.3, -0.25) is 19.1 Å². The molecule has 0 spiro atoms. The first-order chi connectivity index (χ1) is 18.0. The Bertz CT molecular complexity index is 1460. The summed E-state index contributed by atoms with van der Waals surface area (Å²) < 4.78 is 28.7. The van der Waals surface area contributed by atoms with Crippen LogP contribution in [0, 0.1) is 6.92 Å². The van der Waals surface area contributed by atoms with Crippen molar-refractivity contribution in [2.45, 2.75) is 77.9 Å². The van der Waals surface area contributed by atoms with E-state index in [1.807, 2.05) is 20.8 Å². The predicted molar refractivity (Wildman–Crippen MR) is 153 cm³/mol. The Morgan fingerprint density at radius 3 is 2.45 bits per heavy atom. The van der Waals surface area contributed by atoms with E-state index in [4.69, 9.17) is 4.98 Å². The maximum absolute atomic E-state index is 13.7. The van der Waals surface area contributed by atoms with E-state index in [-0.39, 0.29) is 17.4 Å². The van der Waals surface area contributed by atoms with E-state index < -0.39 is 10.0 Å². The fourth-order valence-electron chi connectivity index (χ4n) is 5.08. The van der Waals surface area contributed by atoms with E-state index in [9.17, 15) is 13.2 Å². The van der Waals surface area contributed by atoms with Gasteiger partial charge in [0.25, 0.3) is 5.56 Å². The molecule has 38 heavy (non-hydrogen) atoms. The third kappa shape index (κ3) is 6.15. The summed E-state index contributed by atoms with van der Waals surface area (Å²) in [6.45, 7) is 7.44. The van der Waals surface area contributed by atoms with Crippen molar-refractivity contribution >= 4 is 32.7 Å². The van der Waals surface area contributed by atoms with Crippen LogP contribution in [0.15, 0.2) is 29.2 Å². The van der Waals surface area contributed by atoms with Crippen molar-refractivity contribution in [2.24, 2.45) is 0 Å². The van der Waals surface area contributed by atoms with Gasteiger partial charge in [0.1, 0.15) is 5.65 Å². The average Bonchev–Trinajstić information content (AvgIpc) is 2.85. The predicted octanol–water partition coefficient (Wildman–Crippen LogP) is 4.18. The number of sulfonamides is 1. The molecule has 3 heterocycles. The summed E-state index contributed by atoms with van der Waals surface area (Å²) >= 11 is 0. The molecular weight excluding hydrogens is 502 g/mol. The lowest BCUT2D eigenvalue weighted by Crippen LogP contribution is -2.36. The number of anilines is 2. The molecule has 1 fully saturated rings. The molecule has 0 atom stereocenters. The molecule has 1 aliphatic carbocycles. The second-order valence-electron chi connectivity index (χ2n) is 10.7. The van der Waals surface area contributed by atoms with Gasteiger partial charge < -0.3 is 10.2 Å². The molecule has 2 N–H and O–H groups in total. The summed E-state index contributed by atoms with van der Waals surface area (Å²) in [6, 6.07) is 5.88. The molecule has 0 radical (unpaired) electrons. The summed E-state index contributed by atoms with van der Waals surface area (Å²) in [7, 11) is 0.817. The van der Waals surface area contributed by atoms with Crippen LogP contribution in [-0.2, 0) is 10.0 Å². The molecule has 4 rings (SSSR count). The van der Waals surface area contributed by atoms with Crippen molar-refractivity contribution in [3.8, 4) is 11.3 Å². The number of aryl methyl sites for hydroxylation is 1. The van der Waals surface area contributed by atoms with Gasteiger partial charge in [-0.05, 0) is 85.2 Å². The monoisotopic (exact) mass is 541 g/mol. The number of hydrogen-bond donors (Lipinski definition) is 2. The second-order valence-corrected chi connectivity index (χ2v) is 12.5. The highest BCUT2D eigenvalue weighted by Crippen LogP contribution is 2.26. The molecule has 206 valence electrons. The van der Waals surface area contributed by atoms with Gasteiger partial charge in [0.15, 0.2) is 0 Å². The quantitative estimate of drug-likeness (QED) is 0.414. The van der Waals surface area contributed by atoms with Gasteiger partial charge in [0, 0.05) is 29.7 Å². The zero-order chi connectivity index (χ0) is 27.6. The lowest BCUT2D eigenvalue weighted by atomic mass is 9.91. The molecule has 0 amide bonds. The summed E-state index contributed by atoms with van der Waals surface area (Å²) in [5.74, 6) is 0.566. The molecule has 10 nitrogen and oxygen atoms in total. The van der Waals surface area contributed by atoms with Crippen LogP contribution in [-0.4, -0.2) is 64.8 Å². The number of pyridine rings is 2. The Balaban J connectivity index is 1.66. The third-order valence-corrected chi connectivity index (χ3v) is 8.63. The second kappa shape index (κ2) is 11.4. The number of hydrogen-bond acceptors (Lipinski definition) is 8. The first-order valence-corrected chi connectivity index (χ1v) is 15.0. The molecule has 0 aromatic carbocycles. The zero-order valence-corrected chi connectivity index (χ0v) is 24.0. The number of nitrogens with zero attached hydrogens (tertiary/aromatic N) is 5. The van der Waals surface area contributed by atoms with E-state index in [1.165, 1.54) is 0 Å². The van der Waals surface area contributed by atoms with Crippen LogP contribution in [0.5, 0.6) is 0 Å². The molecule has 0 saturated heterocycles. The van der Waals surface area contributed by atoms with Crippen LogP contribution >= 0.6 is 0 Å². The first kappa shape index (κ1) is 28.0. The van der Waals surface area contributed by atoms with Crippen molar-refractivity contribution in [1.29, 1.82) is 0 Å². The lowest BCUT2D eigenvalue weighted by Gasteiger charge is -2.33. The van der Waals surface area contributed by atoms with E-state index in [2.05, 4.69) is 39.0 Å². The number of rotatable bonds is 9. The Morgan fingerprint density at radius 1 is 1.13 bits per heavy atom. The largest absolute Gasteiger partial charge is 0.351 e. The van der Waals surface area contributed by atoms with E-state index in [0.29, 0.717) is 52.7 Å². The van der Waals surface area contributed by atoms with Crippen molar-refractivity contribution in [2.75, 3.05) is 29.9 Å². The minimum atomic E-state index is -3.44. The summed E-state index contributed by atoms with van der Waals surface area (Å²) in [5, 5.41) is 4.22. The molecule has 3 aromatic heterocycles. The molecule has 0 bridgehead atoms. The minimum Gasteiger partial charge on any atom is -0.351 e. The van der Waals surface area contributed by atoms with Crippen molar-refractivity contribution in [3.05, 3.63) is 40.4 Å². The van der Waals surface area contributed by atoms with Crippen LogP contribution in [0.4, 0.5) is 11.6 Å². The van der Waals surface area contributed by atoms with Gasteiger partial charge in [0.2, 0.25) is 16.0 Å². The van der Waals surface area contributed by atoms with Crippen molar-refractivity contribution in [3.63, 3.8) is 0 Å². The Kier molecular flexibility index (Phi) is 8.37. The van der Waals surface area contributed by atoms with Gasteiger partial charge in [0.05, 0.1) is 28.4 Å². The Hall–Kier alpha value is -3.05. The summed E-state index contributed by atoms with van der Waals surface area (Å²) in [6.07, 6.45) is 6.62. The highest BCUT2D eigenvalue weighted by atomic mass is 32.2. The number of nitrogens with one attached hydrogen (secondary N) is 2. The van der Waals surface area contributed by atoms with Crippen LogP contribution in [0.3, 0.4) is 0 Å². The fourth-order valence-corrected chi connectivity index (χ4v) is 6.27. The molecule has 0 aliphatic heterocycles.